The van der Waals surface area contributed by atoms with E-state index in [0.29, 0.717) is 44.2 Å². The summed E-state index contributed by atoms with van der Waals surface area (Å²) in [5.74, 6) is 0.952. The van der Waals surface area contributed by atoms with E-state index < -0.39 is 17.8 Å². The summed E-state index contributed by atoms with van der Waals surface area (Å²) in [4.78, 5) is 23.1. The molecule has 0 spiro atoms. The first kappa shape index (κ1) is 26.4. The summed E-state index contributed by atoms with van der Waals surface area (Å²) in [6, 6.07) is 13.9. The van der Waals surface area contributed by atoms with Crippen LogP contribution in [0.25, 0.3) is 11.1 Å². The van der Waals surface area contributed by atoms with Crippen molar-refractivity contribution in [3.05, 3.63) is 66.5 Å². The predicted octanol–water partition coefficient (Wildman–Crippen LogP) is 3.65. The summed E-state index contributed by atoms with van der Waals surface area (Å²) in [5, 5.41) is 16.8. The van der Waals surface area contributed by atoms with E-state index in [0.717, 1.165) is 34.8 Å². The summed E-state index contributed by atoms with van der Waals surface area (Å²) < 4.78 is 40.3. The van der Waals surface area contributed by atoms with Gasteiger partial charge in [-0.3, -0.25) is 9.69 Å². The third-order valence-corrected chi connectivity index (χ3v) is 7.58. The van der Waals surface area contributed by atoms with Gasteiger partial charge in [-0.25, -0.2) is 14.3 Å². The van der Waals surface area contributed by atoms with E-state index in [4.69, 9.17) is 0 Å². The lowest BCUT2D eigenvalue weighted by Crippen LogP contribution is -2.48. The van der Waals surface area contributed by atoms with Crippen molar-refractivity contribution in [1.29, 1.82) is 0 Å². The van der Waals surface area contributed by atoms with Crippen molar-refractivity contribution in [2.75, 3.05) is 42.9 Å². The lowest BCUT2D eigenvalue weighted by Gasteiger charge is -2.35. The van der Waals surface area contributed by atoms with Crippen LogP contribution >= 0.6 is 11.9 Å². The Morgan fingerprint density at radius 2 is 1.87 bits per heavy atom. The Morgan fingerprint density at radius 1 is 1.05 bits per heavy atom. The highest BCUT2D eigenvalue weighted by Gasteiger charge is 2.32. The van der Waals surface area contributed by atoms with Gasteiger partial charge in [-0.2, -0.15) is 13.2 Å². The molecule has 5 rings (SSSR count). The van der Waals surface area contributed by atoms with E-state index in [1.807, 2.05) is 36.4 Å². The molecule has 200 valence electrons. The highest BCUT2D eigenvalue weighted by atomic mass is 32.2. The van der Waals surface area contributed by atoms with Crippen molar-refractivity contribution < 1.29 is 23.1 Å². The van der Waals surface area contributed by atoms with Gasteiger partial charge in [0.25, 0.3) is 0 Å². The Hall–Kier alpha value is -3.19. The minimum atomic E-state index is -4.43. The van der Waals surface area contributed by atoms with Crippen molar-refractivity contribution in [2.45, 2.75) is 29.6 Å². The fourth-order valence-electron chi connectivity index (χ4n) is 4.44. The minimum Gasteiger partial charge on any atom is -0.390 e. The summed E-state index contributed by atoms with van der Waals surface area (Å²) in [6.45, 7) is 2.72. The van der Waals surface area contributed by atoms with Gasteiger partial charge in [-0.1, -0.05) is 12.1 Å². The first-order valence-electron chi connectivity index (χ1n) is 12.2. The summed E-state index contributed by atoms with van der Waals surface area (Å²) in [5.41, 5.74) is 1.17. The number of benzene rings is 1. The molecule has 0 bridgehead atoms. The largest absolute Gasteiger partial charge is 0.417 e. The predicted molar refractivity (Wildman–Crippen MR) is 140 cm³/mol. The van der Waals surface area contributed by atoms with Crippen LogP contribution in [0.2, 0.25) is 0 Å². The molecule has 3 N–H and O–H groups in total. The number of hydrogen-bond donors (Lipinski definition) is 3. The van der Waals surface area contributed by atoms with E-state index >= 15 is 0 Å². The van der Waals surface area contributed by atoms with Gasteiger partial charge in [-0.05, 0) is 65.9 Å². The Kier molecular flexibility index (Phi) is 7.84. The normalized spacial score (nSPS) is 20.9. The molecule has 0 radical (unpaired) electrons. The quantitative estimate of drug-likeness (QED) is 0.405. The minimum absolute atomic E-state index is 0.00410. The van der Waals surface area contributed by atoms with E-state index in [-0.39, 0.29) is 11.9 Å². The molecule has 8 nitrogen and oxygen atoms in total. The second-order valence-corrected chi connectivity index (χ2v) is 10.3. The van der Waals surface area contributed by atoms with Crippen LogP contribution in [-0.2, 0) is 11.0 Å². The number of aliphatic hydroxyl groups excluding tert-OH is 1. The molecule has 0 aliphatic carbocycles. The molecule has 3 aromatic rings. The molecular formula is C26H27F3N6O2S. The molecule has 4 heterocycles. The highest BCUT2D eigenvalue weighted by Crippen LogP contribution is 2.31. The van der Waals surface area contributed by atoms with Gasteiger partial charge in [0.2, 0.25) is 5.91 Å². The number of anilines is 2. The zero-order valence-corrected chi connectivity index (χ0v) is 21.2. The van der Waals surface area contributed by atoms with Gasteiger partial charge in [0, 0.05) is 43.5 Å². The smallest absolute Gasteiger partial charge is 0.390 e. The zero-order valence-electron chi connectivity index (χ0n) is 20.4. The number of carbonyl (C=O) groups is 1. The van der Waals surface area contributed by atoms with Gasteiger partial charge in [0.15, 0.2) is 0 Å². The Bertz CT molecular complexity index is 1260. The second-order valence-electron chi connectivity index (χ2n) is 9.17. The van der Waals surface area contributed by atoms with Gasteiger partial charge in [-0.15, -0.1) is 0 Å². The molecule has 38 heavy (non-hydrogen) atoms. The molecule has 1 amide bonds. The number of piperidine rings is 1. The molecule has 0 saturated carbocycles. The summed E-state index contributed by atoms with van der Waals surface area (Å²) in [7, 11) is 0. The fourth-order valence-corrected chi connectivity index (χ4v) is 5.42. The number of alkyl halides is 3. The third kappa shape index (κ3) is 6.26. The molecule has 2 atom stereocenters. The van der Waals surface area contributed by atoms with E-state index in [2.05, 4.69) is 24.9 Å². The molecule has 2 aliphatic rings. The Labute approximate surface area is 222 Å². The maximum Gasteiger partial charge on any atom is 0.417 e. The number of nitrogens with one attached hydrogen (secondary N) is 2. The number of pyridine rings is 2. The Balaban J connectivity index is 1.16. The molecule has 2 aliphatic heterocycles. The van der Waals surface area contributed by atoms with Gasteiger partial charge >= 0.3 is 6.18 Å². The number of rotatable bonds is 6. The number of amides is 1. The standard InChI is InChI=1S/C26H27F3N6O2S/c27-26(28,29)19-3-6-23(32-14-19)33-21-8-11-34(16-22(21)36)38-20-4-1-17(2-5-20)18-7-9-31-24(13-18)35-12-10-30-15-25(35)37/h1-7,9,13-14,21-22,30,36H,8,10-12,15-16H2,(H,32,33). The van der Waals surface area contributed by atoms with Crippen LogP contribution in [0.3, 0.4) is 0 Å². The van der Waals surface area contributed by atoms with Crippen molar-refractivity contribution >= 4 is 29.5 Å². The van der Waals surface area contributed by atoms with E-state index in [1.54, 1.807) is 23.0 Å². The van der Waals surface area contributed by atoms with Crippen molar-refractivity contribution in [2.24, 2.45) is 0 Å². The van der Waals surface area contributed by atoms with Gasteiger partial charge < -0.3 is 15.7 Å². The summed E-state index contributed by atoms with van der Waals surface area (Å²) in [6.07, 6.45) is -2.02. The molecule has 2 aromatic heterocycles. The molecule has 2 unspecified atom stereocenters. The SMILES string of the molecule is O=C1CNCCN1c1cc(-c2ccc(SN3CCC(Nc4ccc(C(F)(F)F)cn4)C(O)C3)cc2)ccn1. The van der Waals surface area contributed by atoms with Crippen molar-refractivity contribution in [3.8, 4) is 11.1 Å². The molecular weight excluding hydrogens is 517 g/mol. The van der Waals surface area contributed by atoms with Gasteiger partial charge in [0.1, 0.15) is 11.6 Å². The van der Waals surface area contributed by atoms with Crippen LogP contribution in [0.4, 0.5) is 24.8 Å². The average molecular weight is 545 g/mol. The van der Waals surface area contributed by atoms with Crippen LogP contribution in [0.15, 0.2) is 65.8 Å². The molecule has 2 fully saturated rings. The molecule has 12 heteroatoms. The second kappa shape index (κ2) is 11.3. The third-order valence-electron chi connectivity index (χ3n) is 6.50. The Morgan fingerprint density at radius 3 is 2.55 bits per heavy atom. The summed E-state index contributed by atoms with van der Waals surface area (Å²) >= 11 is 1.54. The number of nitrogens with zero attached hydrogens (tertiary/aromatic N) is 4. The van der Waals surface area contributed by atoms with E-state index in [9.17, 15) is 23.1 Å². The molecule has 2 saturated heterocycles. The van der Waals surface area contributed by atoms with Crippen LogP contribution in [0.5, 0.6) is 0 Å². The fraction of sp³-hybridized carbons (Fsp3) is 0.346. The van der Waals surface area contributed by atoms with Crippen molar-refractivity contribution in [3.63, 3.8) is 0 Å². The molecule has 1 aromatic carbocycles. The van der Waals surface area contributed by atoms with Crippen LogP contribution in [0.1, 0.15) is 12.0 Å². The van der Waals surface area contributed by atoms with Crippen LogP contribution in [-0.4, -0.2) is 70.2 Å². The number of aromatic nitrogens is 2. The first-order chi connectivity index (χ1) is 18.3. The van der Waals surface area contributed by atoms with Crippen LogP contribution in [0, 0.1) is 0 Å². The average Bonchev–Trinajstić information content (AvgIpc) is 2.91. The number of hydrogen-bond acceptors (Lipinski definition) is 8. The number of carbonyl (C=O) groups excluding carboxylic acids is 1. The maximum absolute atomic E-state index is 12.7. The van der Waals surface area contributed by atoms with E-state index in [1.165, 1.54) is 6.07 Å². The van der Waals surface area contributed by atoms with Gasteiger partial charge in [0.05, 0.1) is 24.3 Å². The number of β-amino-alcohol motifs (C(OH)–C–C–N with tert-alkyl or cyclic N) is 1. The zero-order chi connectivity index (χ0) is 26.7. The lowest BCUT2D eigenvalue weighted by atomic mass is 10.0. The monoisotopic (exact) mass is 544 g/mol. The van der Waals surface area contributed by atoms with Crippen LogP contribution < -0.4 is 15.5 Å². The topological polar surface area (TPSA) is 93.6 Å². The number of piperazine rings is 1. The number of halogens is 3. The highest BCUT2D eigenvalue weighted by molar-refractivity contribution is 7.97. The van der Waals surface area contributed by atoms with Crippen molar-refractivity contribution in [1.82, 2.24) is 19.6 Å². The lowest BCUT2D eigenvalue weighted by molar-refractivity contribution is -0.137. The maximum atomic E-state index is 12.7. The first-order valence-corrected chi connectivity index (χ1v) is 13.0. The number of aliphatic hydroxyl groups is 1.